The molecule has 3 rings (SSSR count). The zero-order valence-corrected chi connectivity index (χ0v) is 13.2. The maximum atomic E-state index is 6.25. The third kappa shape index (κ3) is 3.20. The van der Waals surface area contributed by atoms with Crippen LogP contribution in [-0.2, 0) is 19.6 Å². The number of pyridine rings is 1. The number of rotatable bonds is 4. The molecule has 0 atom stereocenters. The number of nitrogens with one attached hydrogen (secondary N) is 1. The van der Waals surface area contributed by atoms with E-state index in [9.17, 15) is 0 Å². The van der Waals surface area contributed by atoms with Crippen molar-refractivity contribution in [2.75, 3.05) is 4.90 Å². The van der Waals surface area contributed by atoms with E-state index >= 15 is 0 Å². The van der Waals surface area contributed by atoms with Gasteiger partial charge in [-0.3, -0.25) is 0 Å². The molecule has 0 radical (unpaired) electrons. The van der Waals surface area contributed by atoms with Crippen LogP contribution in [0.2, 0.25) is 5.02 Å². The van der Waals surface area contributed by atoms with Crippen molar-refractivity contribution in [1.29, 1.82) is 0 Å². The predicted octanol–water partition coefficient (Wildman–Crippen LogP) is 3.75. The van der Waals surface area contributed by atoms with Crippen LogP contribution in [0.15, 0.2) is 36.4 Å². The van der Waals surface area contributed by atoms with Crippen LogP contribution < -0.4 is 10.2 Å². The fourth-order valence-corrected chi connectivity index (χ4v) is 2.74. The second kappa shape index (κ2) is 6.04. The maximum absolute atomic E-state index is 6.25. The number of nitrogens with zero attached hydrogens (tertiary/aromatic N) is 2. The van der Waals surface area contributed by atoms with Gasteiger partial charge >= 0.3 is 0 Å². The van der Waals surface area contributed by atoms with Crippen molar-refractivity contribution in [2.24, 2.45) is 0 Å². The van der Waals surface area contributed by atoms with Crippen molar-refractivity contribution >= 4 is 17.4 Å². The van der Waals surface area contributed by atoms with Crippen LogP contribution in [0.4, 0.5) is 5.82 Å². The first-order valence-electron chi connectivity index (χ1n) is 7.34. The van der Waals surface area contributed by atoms with Crippen molar-refractivity contribution in [3.05, 3.63) is 58.2 Å². The molecule has 1 N–H and O–H groups in total. The Morgan fingerprint density at radius 2 is 1.81 bits per heavy atom. The molecule has 4 heteroatoms. The Hall–Kier alpha value is -1.58. The molecule has 1 aromatic carbocycles. The first-order chi connectivity index (χ1) is 10.1. The minimum atomic E-state index is 0.419. The molecule has 21 heavy (non-hydrogen) atoms. The van der Waals surface area contributed by atoms with Gasteiger partial charge < -0.3 is 10.2 Å². The van der Waals surface area contributed by atoms with Gasteiger partial charge in [0.2, 0.25) is 0 Å². The molecule has 0 aliphatic carbocycles. The predicted molar refractivity (Wildman–Crippen MR) is 87.6 cm³/mol. The molecule has 1 aromatic heterocycles. The van der Waals surface area contributed by atoms with Crippen LogP contribution in [0.5, 0.6) is 0 Å². The lowest BCUT2D eigenvalue weighted by molar-refractivity contribution is 0.581. The molecule has 1 aliphatic heterocycles. The Balaban J connectivity index is 1.79. The van der Waals surface area contributed by atoms with E-state index in [1.807, 2.05) is 12.1 Å². The zero-order chi connectivity index (χ0) is 14.8. The van der Waals surface area contributed by atoms with E-state index in [-0.39, 0.29) is 0 Å². The number of anilines is 1. The first kappa shape index (κ1) is 14.4. The average Bonchev–Trinajstić information content (AvgIpc) is 2.90. The number of benzene rings is 1. The number of fused-ring (bicyclic) bond motifs is 1. The van der Waals surface area contributed by atoms with E-state index in [0.717, 1.165) is 29.6 Å². The summed E-state index contributed by atoms with van der Waals surface area (Å²) in [5.74, 6) is 0.996. The molecular formula is C17H20ClN3. The van der Waals surface area contributed by atoms with Gasteiger partial charge in [-0.25, -0.2) is 4.98 Å². The molecule has 1 aliphatic rings. The summed E-state index contributed by atoms with van der Waals surface area (Å²) >= 11 is 6.25. The Labute approximate surface area is 131 Å². The summed E-state index contributed by atoms with van der Waals surface area (Å²) in [7, 11) is 0. The van der Waals surface area contributed by atoms with Gasteiger partial charge in [-0.1, -0.05) is 49.7 Å². The maximum Gasteiger partial charge on any atom is 0.129 e. The Kier molecular flexibility index (Phi) is 4.13. The van der Waals surface area contributed by atoms with E-state index in [1.54, 1.807) is 0 Å². The van der Waals surface area contributed by atoms with Gasteiger partial charge in [0, 0.05) is 25.7 Å². The van der Waals surface area contributed by atoms with Gasteiger partial charge in [0.1, 0.15) is 5.82 Å². The van der Waals surface area contributed by atoms with Gasteiger partial charge in [-0.15, -0.1) is 0 Å². The monoisotopic (exact) mass is 301 g/mol. The summed E-state index contributed by atoms with van der Waals surface area (Å²) in [4.78, 5) is 7.03. The van der Waals surface area contributed by atoms with Crippen LogP contribution in [0.1, 0.15) is 30.7 Å². The smallest absolute Gasteiger partial charge is 0.129 e. The highest BCUT2D eigenvalue weighted by Crippen LogP contribution is 2.28. The highest BCUT2D eigenvalue weighted by atomic mass is 35.5. The summed E-state index contributed by atoms with van der Waals surface area (Å²) in [6, 6.07) is 12.9. The van der Waals surface area contributed by atoms with Crippen molar-refractivity contribution in [2.45, 2.75) is 39.5 Å². The van der Waals surface area contributed by atoms with Crippen LogP contribution in [0, 0.1) is 0 Å². The quantitative estimate of drug-likeness (QED) is 0.932. The molecule has 0 fully saturated rings. The number of hydrogen-bond acceptors (Lipinski definition) is 3. The third-order valence-electron chi connectivity index (χ3n) is 3.75. The molecular weight excluding hydrogens is 282 g/mol. The van der Waals surface area contributed by atoms with E-state index < -0.39 is 0 Å². The Bertz CT molecular complexity index is 615. The summed E-state index contributed by atoms with van der Waals surface area (Å²) in [6.45, 7) is 6.78. The molecule has 0 saturated carbocycles. The van der Waals surface area contributed by atoms with E-state index in [1.165, 1.54) is 11.1 Å². The Morgan fingerprint density at radius 3 is 2.43 bits per heavy atom. The second-order valence-electron chi connectivity index (χ2n) is 5.76. The van der Waals surface area contributed by atoms with E-state index in [0.29, 0.717) is 12.6 Å². The van der Waals surface area contributed by atoms with Crippen LogP contribution >= 0.6 is 11.6 Å². The second-order valence-corrected chi connectivity index (χ2v) is 6.17. The number of halogens is 1. The van der Waals surface area contributed by atoms with Gasteiger partial charge in [0.15, 0.2) is 0 Å². The van der Waals surface area contributed by atoms with Gasteiger partial charge in [0.05, 0.1) is 10.7 Å². The largest absolute Gasteiger partial charge is 0.348 e. The van der Waals surface area contributed by atoms with Crippen molar-refractivity contribution in [1.82, 2.24) is 10.3 Å². The molecule has 0 saturated heterocycles. The first-order valence-corrected chi connectivity index (χ1v) is 7.72. The number of aromatic nitrogens is 1. The fraction of sp³-hybridized carbons (Fsp3) is 0.353. The minimum absolute atomic E-state index is 0.419. The van der Waals surface area contributed by atoms with Gasteiger partial charge in [-0.05, 0) is 23.3 Å². The number of hydrogen-bond donors (Lipinski definition) is 1. The molecule has 0 spiro atoms. The molecule has 0 amide bonds. The van der Waals surface area contributed by atoms with Crippen LogP contribution in [0.3, 0.4) is 0 Å². The molecule has 0 bridgehead atoms. The SMILES string of the molecule is CC(C)NCc1nc(N2Cc3ccccc3C2)ccc1Cl. The molecule has 110 valence electrons. The van der Waals surface area contributed by atoms with Crippen molar-refractivity contribution in [3.8, 4) is 0 Å². The highest BCUT2D eigenvalue weighted by Gasteiger charge is 2.20. The van der Waals surface area contributed by atoms with Crippen molar-refractivity contribution in [3.63, 3.8) is 0 Å². The minimum Gasteiger partial charge on any atom is -0.348 e. The molecule has 2 aromatic rings. The Morgan fingerprint density at radius 1 is 1.14 bits per heavy atom. The molecule has 3 nitrogen and oxygen atoms in total. The summed E-state index contributed by atoms with van der Waals surface area (Å²) in [5.41, 5.74) is 3.69. The summed E-state index contributed by atoms with van der Waals surface area (Å²) in [6.07, 6.45) is 0. The summed E-state index contributed by atoms with van der Waals surface area (Å²) < 4.78 is 0. The molecule has 0 unspecified atom stereocenters. The van der Waals surface area contributed by atoms with E-state index in [2.05, 4.69) is 48.3 Å². The third-order valence-corrected chi connectivity index (χ3v) is 4.09. The highest BCUT2D eigenvalue weighted by molar-refractivity contribution is 6.31. The zero-order valence-electron chi connectivity index (χ0n) is 12.4. The standard InChI is InChI=1S/C17H20ClN3/c1-12(2)19-9-16-15(18)7-8-17(20-16)21-10-13-5-3-4-6-14(13)11-21/h3-8,12,19H,9-11H2,1-2H3. The van der Waals surface area contributed by atoms with Crippen LogP contribution in [-0.4, -0.2) is 11.0 Å². The van der Waals surface area contributed by atoms with E-state index in [4.69, 9.17) is 16.6 Å². The lowest BCUT2D eigenvalue weighted by Crippen LogP contribution is -2.23. The topological polar surface area (TPSA) is 28.2 Å². The van der Waals surface area contributed by atoms with Crippen molar-refractivity contribution < 1.29 is 0 Å². The lowest BCUT2D eigenvalue weighted by Gasteiger charge is -2.18. The average molecular weight is 302 g/mol. The lowest BCUT2D eigenvalue weighted by atomic mass is 10.1. The molecule has 2 heterocycles. The fourth-order valence-electron chi connectivity index (χ4n) is 2.57. The normalized spacial score (nSPS) is 13.8. The van der Waals surface area contributed by atoms with Crippen LogP contribution in [0.25, 0.3) is 0 Å². The van der Waals surface area contributed by atoms with Gasteiger partial charge in [0.25, 0.3) is 0 Å². The van der Waals surface area contributed by atoms with Gasteiger partial charge in [-0.2, -0.15) is 0 Å². The summed E-state index contributed by atoms with van der Waals surface area (Å²) in [5, 5.41) is 4.10.